The molecule has 0 heterocycles. The van der Waals surface area contributed by atoms with Gasteiger partial charge in [-0.2, -0.15) is 0 Å². The summed E-state index contributed by atoms with van der Waals surface area (Å²) in [7, 11) is 0. The fraction of sp³-hybridized carbons (Fsp3) is 1.00. The van der Waals surface area contributed by atoms with E-state index in [1.54, 1.807) is 0 Å². The van der Waals surface area contributed by atoms with Crippen molar-refractivity contribution in [2.45, 2.75) is 38.8 Å². The summed E-state index contributed by atoms with van der Waals surface area (Å²) in [4.78, 5) is 0. The minimum absolute atomic E-state index is 0.562. The first-order chi connectivity index (χ1) is 3.29. The lowest BCUT2D eigenvalue weighted by atomic mass is 10.4. The van der Waals surface area contributed by atoms with Crippen molar-refractivity contribution in [3.63, 3.8) is 0 Å². The van der Waals surface area contributed by atoms with Crippen LogP contribution < -0.4 is 5.32 Å². The molecule has 41 valence electrons. The molecule has 0 N–H and O–H groups in total. The van der Waals surface area contributed by atoms with Gasteiger partial charge in [-0.05, 0) is 26.7 Å². The van der Waals surface area contributed by atoms with Gasteiger partial charge in [0.15, 0.2) is 0 Å². The molecule has 1 radical (unpaired) electrons. The maximum absolute atomic E-state index is 4.39. The highest BCUT2D eigenvalue weighted by Crippen LogP contribution is 2.20. The van der Waals surface area contributed by atoms with Crippen molar-refractivity contribution in [3.8, 4) is 0 Å². The van der Waals surface area contributed by atoms with Crippen LogP contribution in [0.2, 0.25) is 0 Å². The lowest BCUT2D eigenvalue weighted by Gasteiger charge is -1.99. The molecule has 0 unspecified atom stereocenters. The van der Waals surface area contributed by atoms with Crippen molar-refractivity contribution in [1.29, 1.82) is 0 Å². The summed E-state index contributed by atoms with van der Waals surface area (Å²) >= 11 is 0. The summed E-state index contributed by atoms with van der Waals surface area (Å²) in [5.41, 5.74) is 0. The molecule has 0 aromatic carbocycles. The quantitative estimate of drug-likeness (QED) is 0.492. The van der Waals surface area contributed by atoms with Gasteiger partial charge in [0.05, 0.1) is 0 Å². The average Bonchev–Trinajstić information content (AvgIpc) is 2.17. The van der Waals surface area contributed by atoms with Crippen LogP contribution in [0.1, 0.15) is 26.7 Å². The van der Waals surface area contributed by atoms with Crippen LogP contribution in [0.5, 0.6) is 0 Å². The van der Waals surface area contributed by atoms with Crippen LogP contribution in [0.25, 0.3) is 0 Å². The zero-order chi connectivity index (χ0) is 5.28. The van der Waals surface area contributed by atoms with Crippen LogP contribution in [-0.2, 0) is 0 Å². The van der Waals surface area contributed by atoms with Crippen molar-refractivity contribution in [1.82, 2.24) is 5.32 Å². The first-order valence-corrected chi connectivity index (χ1v) is 2.99. The zero-order valence-corrected chi connectivity index (χ0v) is 5.02. The number of rotatable bonds is 2. The van der Waals surface area contributed by atoms with Crippen LogP contribution >= 0.6 is 0 Å². The second kappa shape index (κ2) is 1.83. The van der Waals surface area contributed by atoms with Gasteiger partial charge >= 0.3 is 0 Å². The minimum atomic E-state index is 0.562. The van der Waals surface area contributed by atoms with Gasteiger partial charge in [-0.25, -0.2) is 5.32 Å². The monoisotopic (exact) mass is 98.1 g/mol. The molecule has 0 atom stereocenters. The lowest BCUT2D eigenvalue weighted by Crippen LogP contribution is -2.15. The fourth-order valence-electron chi connectivity index (χ4n) is 0.645. The van der Waals surface area contributed by atoms with E-state index < -0.39 is 0 Å². The van der Waals surface area contributed by atoms with E-state index in [1.807, 2.05) is 0 Å². The van der Waals surface area contributed by atoms with Crippen molar-refractivity contribution in [2.75, 3.05) is 0 Å². The smallest absolute Gasteiger partial charge is 0.0250 e. The van der Waals surface area contributed by atoms with Crippen LogP contribution in [-0.4, -0.2) is 12.1 Å². The van der Waals surface area contributed by atoms with Crippen LogP contribution in [0.15, 0.2) is 0 Å². The molecule has 1 rings (SSSR count). The Labute approximate surface area is 45.1 Å². The summed E-state index contributed by atoms with van der Waals surface area (Å²) in [5, 5.41) is 4.39. The van der Waals surface area contributed by atoms with Gasteiger partial charge in [-0.1, -0.05) is 0 Å². The summed E-state index contributed by atoms with van der Waals surface area (Å²) < 4.78 is 0. The minimum Gasteiger partial charge on any atom is -0.236 e. The molecule has 1 aliphatic carbocycles. The standard InChI is InChI=1S/C6H12N/c1-5(2)7-6-3-4-6/h5-6H,3-4H2,1-2H3. The first-order valence-electron chi connectivity index (χ1n) is 2.99. The second-order valence-electron chi connectivity index (χ2n) is 2.47. The third kappa shape index (κ3) is 1.93. The Morgan fingerprint density at radius 1 is 1.43 bits per heavy atom. The predicted octanol–water partition coefficient (Wildman–Crippen LogP) is 1.16. The Kier molecular flexibility index (Phi) is 1.33. The van der Waals surface area contributed by atoms with Gasteiger partial charge in [0.2, 0.25) is 0 Å². The lowest BCUT2D eigenvalue weighted by molar-refractivity contribution is 0.571. The Morgan fingerprint density at radius 3 is 2.14 bits per heavy atom. The van der Waals surface area contributed by atoms with E-state index in [0.717, 1.165) is 6.04 Å². The maximum Gasteiger partial charge on any atom is 0.0250 e. The molecule has 1 saturated carbocycles. The third-order valence-corrected chi connectivity index (χ3v) is 1.06. The predicted molar refractivity (Wildman–Crippen MR) is 30.3 cm³/mol. The molecule has 0 aromatic heterocycles. The van der Waals surface area contributed by atoms with Crippen molar-refractivity contribution >= 4 is 0 Å². The summed E-state index contributed by atoms with van der Waals surface area (Å²) in [6.07, 6.45) is 2.69. The Balaban J connectivity index is 1.97. The van der Waals surface area contributed by atoms with E-state index >= 15 is 0 Å². The molecule has 0 bridgehead atoms. The fourth-order valence-corrected chi connectivity index (χ4v) is 0.645. The molecule has 0 aliphatic heterocycles. The van der Waals surface area contributed by atoms with Crippen molar-refractivity contribution in [3.05, 3.63) is 0 Å². The molecule has 0 aromatic rings. The third-order valence-electron chi connectivity index (χ3n) is 1.06. The molecule has 0 amide bonds. The number of nitrogens with zero attached hydrogens (tertiary/aromatic N) is 1. The molecule has 1 fully saturated rings. The Bertz CT molecular complexity index is 55.2. The summed E-state index contributed by atoms with van der Waals surface area (Å²) in [5.74, 6) is 0. The normalized spacial score (nSPS) is 21.0. The molecule has 7 heavy (non-hydrogen) atoms. The topological polar surface area (TPSA) is 14.1 Å². The molecule has 0 spiro atoms. The van der Waals surface area contributed by atoms with E-state index in [0.29, 0.717) is 6.04 Å². The summed E-state index contributed by atoms with van der Waals surface area (Å²) in [6.45, 7) is 4.27. The average molecular weight is 98.2 g/mol. The molecule has 1 nitrogen and oxygen atoms in total. The highest BCUT2D eigenvalue weighted by atomic mass is 15.0. The highest BCUT2D eigenvalue weighted by molar-refractivity contribution is 4.81. The van der Waals surface area contributed by atoms with Gasteiger partial charge in [-0.15, -0.1) is 0 Å². The van der Waals surface area contributed by atoms with Gasteiger partial charge in [0, 0.05) is 12.1 Å². The van der Waals surface area contributed by atoms with Crippen LogP contribution in [0.3, 0.4) is 0 Å². The molecule has 1 heteroatoms. The van der Waals surface area contributed by atoms with Crippen molar-refractivity contribution < 1.29 is 0 Å². The van der Waals surface area contributed by atoms with E-state index in [9.17, 15) is 0 Å². The van der Waals surface area contributed by atoms with Crippen LogP contribution in [0.4, 0.5) is 0 Å². The van der Waals surface area contributed by atoms with Crippen LogP contribution in [0, 0.1) is 0 Å². The molecular weight excluding hydrogens is 86.1 g/mol. The summed E-state index contributed by atoms with van der Waals surface area (Å²) in [6, 6.07) is 1.31. The molecular formula is C6H12N. The SMILES string of the molecule is CC(C)[N]C1CC1. The zero-order valence-electron chi connectivity index (χ0n) is 5.02. The van der Waals surface area contributed by atoms with E-state index in [1.165, 1.54) is 12.8 Å². The van der Waals surface area contributed by atoms with Gasteiger partial charge in [-0.3, -0.25) is 0 Å². The van der Waals surface area contributed by atoms with Gasteiger partial charge in [0.1, 0.15) is 0 Å². The Hall–Kier alpha value is -0.0400. The second-order valence-corrected chi connectivity index (χ2v) is 2.47. The number of hydrogen-bond donors (Lipinski definition) is 0. The van der Waals surface area contributed by atoms with Crippen molar-refractivity contribution in [2.24, 2.45) is 0 Å². The largest absolute Gasteiger partial charge is 0.236 e. The van der Waals surface area contributed by atoms with Gasteiger partial charge in [0.25, 0.3) is 0 Å². The number of hydrogen-bond acceptors (Lipinski definition) is 0. The van der Waals surface area contributed by atoms with Gasteiger partial charge < -0.3 is 0 Å². The van der Waals surface area contributed by atoms with E-state index in [4.69, 9.17) is 0 Å². The van der Waals surface area contributed by atoms with E-state index in [-0.39, 0.29) is 0 Å². The highest BCUT2D eigenvalue weighted by Gasteiger charge is 2.22. The maximum atomic E-state index is 4.39. The van der Waals surface area contributed by atoms with E-state index in [2.05, 4.69) is 19.2 Å². The molecule has 1 aliphatic rings. The first kappa shape index (κ1) is 5.10. The Morgan fingerprint density at radius 2 is 2.00 bits per heavy atom. The molecule has 0 saturated heterocycles.